The first-order chi connectivity index (χ1) is 15.4. The van der Waals surface area contributed by atoms with Crippen molar-refractivity contribution >= 4 is 0 Å². The maximum absolute atomic E-state index is 3.30. The molecule has 0 spiro atoms. The topological polar surface area (TPSA) is 0 Å². The van der Waals surface area contributed by atoms with Crippen LogP contribution in [0.15, 0.2) is 133 Å². The van der Waals surface area contributed by atoms with E-state index in [1.165, 1.54) is 33.4 Å². The van der Waals surface area contributed by atoms with E-state index in [1.54, 1.807) is 0 Å². The Kier molecular flexibility index (Phi) is 9.40. The summed E-state index contributed by atoms with van der Waals surface area (Å²) in [4.78, 5) is 0. The second kappa shape index (κ2) is 12.7. The van der Waals surface area contributed by atoms with Crippen LogP contribution in [0.2, 0.25) is 0 Å². The van der Waals surface area contributed by atoms with E-state index in [0.717, 1.165) is 6.42 Å². The zero-order valence-electron chi connectivity index (χ0n) is 18.0. The third kappa shape index (κ3) is 6.73. The second-order valence-electron chi connectivity index (χ2n) is 7.32. The minimum Gasteiger partial charge on any atom is -0.214 e. The molecule has 0 amide bonds. The van der Waals surface area contributed by atoms with Crippen LogP contribution in [0.25, 0.3) is 11.1 Å². The van der Waals surface area contributed by atoms with Gasteiger partial charge in [0.1, 0.15) is 0 Å². The average molecular weight is 576 g/mol. The van der Waals surface area contributed by atoms with Gasteiger partial charge >= 0.3 is 0 Å². The Morgan fingerprint density at radius 1 is 0.594 bits per heavy atom. The first-order valence-corrected chi connectivity index (χ1v) is 10.6. The number of fused-ring (bicyclic) bond motifs is 3. The molecule has 0 bridgehead atoms. The van der Waals surface area contributed by atoms with Crippen molar-refractivity contribution in [1.82, 2.24) is 0 Å². The van der Waals surface area contributed by atoms with Crippen LogP contribution in [0, 0.1) is 12.5 Å². The van der Waals surface area contributed by atoms with E-state index in [0.29, 0.717) is 0 Å². The molecule has 5 aromatic carbocycles. The maximum Gasteiger partial charge on any atom is 0 e. The van der Waals surface area contributed by atoms with Gasteiger partial charge in [-0.2, -0.15) is 48.0 Å². The Hall–Kier alpha value is -3.03. The van der Waals surface area contributed by atoms with Crippen molar-refractivity contribution in [3.05, 3.63) is 168 Å². The Labute approximate surface area is 210 Å². The summed E-state index contributed by atoms with van der Waals surface area (Å²) in [5.74, 6) is 0. The molecular formula is C31H25Hf-3. The van der Waals surface area contributed by atoms with Gasteiger partial charge in [-0.25, -0.2) is 12.1 Å². The van der Waals surface area contributed by atoms with Crippen LogP contribution in [-0.2, 0) is 32.3 Å². The van der Waals surface area contributed by atoms with Gasteiger partial charge in [-0.3, -0.25) is 0 Å². The van der Waals surface area contributed by atoms with E-state index >= 15 is 0 Å². The van der Waals surface area contributed by atoms with Gasteiger partial charge in [0.25, 0.3) is 0 Å². The van der Waals surface area contributed by atoms with E-state index in [-0.39, 0.29) is 25.8 Å². The molecule has 0 radical (unpaired) electrons. The fraction of sp³-hybridized carbons (Fsp3) is 0.0323. The number of rotatable bonds is 2. The Morgan fingerprint density at radius 3 is 1.75 bits per heavy atom. The number of benzene rings is 4. The predicted molar refractivity (Wildman–Crippen MR) is 131 cm³/mol. The van der Waals surface area contributed by atoms with Crippen molar-refractivity contribution in [1.29, 1.82) is 0 Å². The third-order valence-corrected chi connectivity index (χ3v) is 5.10. The maximum atomic E-state index is 3.30. The van der Waals surface area contributed by atoms with Gasteiger partial charge < -0.3 is 0 Å². The molecule has 0 aromatic heterocycles. The van der Waals surface area contributed by atoms with Crippen molar-refractivity contribution in [3.8, 4) is 11.1 Å². The van der Waals surface area contributed by atoms with Crippen molar-refractivity contribution in [2.24, 2.45) is 0 Å². The minimum absolute atomic E-state index is 0. The molecule has 0 saturated heterocycles. The summed E-state index contributed by atoms with van der Waals surface area (Å²) in [5, 5.41) is 0. The van der Waals surface area contributed by atoms with E-state index in [4.69, 9.17) is 0 Å². The van der Waals surface area contributed by atoms with Gasteiger partial charge in [0, 0.05) is 25.8 Å². The van der Waals surface area contributed by atoms with Gasteiger partial charge in [-0.05, 0) is 6.42 Å². The molecule has 0 unspecified atom stereocenters. The van der Waals surface area contributed by atoms with E-state index in [9.17, 15) is 0 Å². The van der Waals surface area contributed by atoms with E-state index < -0.39 is 0 Å². The number of hydrogen-bond acceptors (Lipinski definition) is 0. The van der Waals surface area contributed by atoms with Crippen molar-refractivity contribution in [3.63, 3.8) is 0 Å². The molecule has 32 heavy (non-hydrogen) atoms. The summed E-state index contributed by atoms with van der Waals surface area (Å²) in [6.07, 6.45) is 3.21. The monoisotopic (exact) mass is 577 g/mol. The molecule has 0 aliphatic heterocycles. The molecule has 0 heterocycles. The normalized spacial score (nSPS) is 10.1. The largest absolute Gasteiger partial charge is 0.214 e. The second-order valence-corrected chi connectivity index (χ2v) is 7.32. The summed E-state index contributed by atoms with van der Waals surface area (Å²) in [6.45, 7) is 0. The molecule has 156 valence electrons. The molecule has 0 N–H and O–H groups in total. The quantitative estimate of drug-likeness (QED) is 0.146. The molecule has 0 fully saturated rings. The van der Waals surface area contributed by atoms with Gasteiger partial charge in [0.2, 0.25) is 0 Å². The fourth-order valence-electron chi connectivity index (χ4n) is 3.61. The van der Waals surface area contributed by atoms with Crippen LogP contribution >= 0.6 is 0 Å². The molecule has 0 saturated carbocycles. The van der Waals surface area contributed by atoms with Crippen LogP contribution in [0.1, 0.15) is 22.3 Å². The zero-order valence-corrected chi connectivity index (χ0v) is 21.6. The smallest absolute Gasteiger partial charge is 0 e. The Morgan fingerprint density at radius 2 is 1.16 bits per heavy atom. The van der Waals surface area contributed by atoms with Gasteiger partial charge in [0.05, 0.1) is 0 Å². The van der Waals surface area contributed by atoms with Crippen LogP contribution in [-0.4, -0.2) is 0 Å². The average Bonchev–Trinajstić information content (AvgIpc) is 3.53. The minimum atomic E-state index is 0. The fourth-order valence-corrected chi connectivity index (χ4v) is 3.61. The van der Waals surface area contributed by atoms with E-state index in [1.807, 2.05) is 48.5 Å². The molecule has 6 rings (SSSR count). The molecule has 1 aliphatic rings. The van der Waals surface area contributed by atoms with Crippen LogP contribution in [0.4, 0.5) is 0 Å². The third-order valence-electron chi connectivity index (χ3n) is 5.10. The van der Waals surface area contributed by atoms with Crippen molar-refractivity contribution in [2.75, 3.05) is 0 Å². The summed E-state index contributed by atoms with van der Waals surface area (Å²) < 4.78 is 0. The first kappa shape index (κ1) is 23.6. The number of hydrogen-bond donors (Lipinski definition) is 0. The van der Waals surface area contributed by atoms with Gasteiger partial charge in [-0.1, -0.05) is 71.8 Å². The van der Waals surface area contributed by atoms with Crippen LogP contribution < -0.4 is 0 Å². The van der Waals surface area contributed by atoms with Crippen LogP contribution in [0.5, 0.6) is 0 Å². The first-order valence-electron chi connectivity index (χ1n) is 10.6. The molecule has 0 atom stereocenters. The van der Waals surface area contributed by atoms with Crippen molar-refractivity contribution in [2.45, 2.75) is 6.42 Å². The SMILES string of the molecule is [Hf].[c-]1cccc2c1Cc1ccccc1-2.c1cc[cH-]c1.c1ccc([CH-]c2ccccc2)cc1. The predicted octanol–water partition coefficient (Wildman–Crippen LogP) is 7.75. The summed E-state index contributed by atoms with van der Waals surface area (Å²) in [5.41, 5.74) is 8.00. The standard InChI is InChI=1S/C13H9.C13H11.C5H5.Hf/c1-3-7-12-10(5-1)9-11-6-2-4-8-13(11)12;1-3-7-12(8-4-1)11-13-9-5-2-6-10-13;1-2-4-5-3-1;/h1-5,7-8H,9H2;1-11H;1-5H;/q3*-1;. The van der Waals surface area contributed by atoms with Crippen LogP contribution in [0.3, 0.4) is 0 Å². The molecule has 0 nitrogen and oxygen atoms in total. The molecule has 1 heteroatoms. The summed E-state index contributed by atoms with van der Waals surface area (Å²) in [6, 6.07) is 48.8. The summed E-state index contributed by atoms with van der Waals surface area (Å²) >= 11 is 0. The van der Waals surface area contributed by atoms with E-state index in [2.05, 4.69) is 97.4 Å². The molecule has 1 aliphatic carbocycles. The Balaban J connectivity index is 0.000000145. The summed E-state index contributed by atoms with van der Waals surface area (Å²) in [7, 11) is 0. The Bertz CT molecular complexity index is 1060. The van der Waals surface area contributed by atoms with Gasteiger partial charge in [-0.15, -0.1) is 47.4 Å². The van der Waals surface area contributed by atoms with Crippen molar-refractivity contribution < 1.29 is 25.8 Å². The zero-order chi connectivity index (χ0) is 21.1. The molecular weight excluding hydrogens is 551 g/mol. The molecule has 5 aromatic rings. The van der Waals surface area contributed by atoms with Gasteiger partial charge in [0.15, 0.2) is 0 Å².